The van der Waals surface area contributed by atoms with Crippen LogP contribution in [0.25, 0.3) is 0 Å². The molecule has 26 heavy (non-hydrogen) atoms. The summed E-state index contributed by atoms with van der Waals surface area (Å²) in [5.41, 5.74) is 0.303. The molecule has 6 N–H and O–H groups in total. The summed E-state index contributed by atoms with van der Waals surface area (Å²) in [4.78, 5) is 0. The summed E-state index contributed by atoms with van der Waals surface area (Å²) in [7, 11) is 2.67. The van der Waals surface area contributed by atoms with Crippen molar-refractivity contribution in [2.24, 2.45) is 0 Å². The highest BCUT2D eigenvalue weighted by molar-refractivity contribution is 5.58. The molecule has 1 saturated carbocycles. The van der Waals surface area contributed by atoms with E-state index in [1.807, 2.05) is 0 Å². The van der Waals surface area contributed by atoms with Gasteiger partial charge < -0.3 is 40.1 Å². The Morgan fingerprint density at radius 3 is 1.31 bits per heavy atom. The van der Waals surface area contributed by atoms with Crippen LogP contribution in [0.4, 0.5) is 0 Å². The molecule has 0 atom stereocenters. The van der Waals surface area contributed by atoms with Crippen molar-refractivity contribution in [2.45, 2.75) is 24.0 Å². The summed E-state index contributed by atoms with van der Waals surface area (Å²) in [5.74, 6) is -2.68. The van der Waals surface area contributed by atoms with Crippen LogP contribution in [0.1, 0.15) is 23.0 Å². The van der Waals surface area contributed by atoms with Crippen LogP contribution in [0, 0.1) is 0 Å². The minimum absolute atomic E-state index is 0.117. The number of aliphatic hydroxyl groups is 2. The lowest BCUT2D eigenvalue weighted by Crippen LogP contribution is -2.51. The predicted molar refractivity (Wildman–Crippen MR) is 90.1 cm³/mol. The van der Waals surface area contributed by atoms with E-state index in [2.05, 4.69) is 0 Å². The Labute approximate surface area is 149 Å². The third kappa shape index (κ3) is 2.63. The van der Waals surface area contributed by atoms with E-state index in [1.54, 1.807) is 0 Å². The fraction of sp³-hybridized carbons (Fsp3) is 0.333. The molecule has 2 aromatic carbocycles. The lowest BCUT2D eigenvalue weighted by Gasteiger charge is -2.47. The quantitative estimate of drug-likeness (QED) is 0.474. The fourth-order valence-electron chi connectivity index (χ4n) is 3.59. The lowest BCUT2D eigenvalue weighted by molar-refractivity contribution is -0.0810. The Kier molecular flexibility index (Phi) is 4.47. The number of phenolic OH excluding ortho intramolecular Hbond substituents is 4. The number of ether oxygens (including phenoxy) is 2. The Bertz CT molecular complexity index is 757. The van der Waals surface area contributed by atoms with E-state index in [1.165, 1.54) is 26.4 Å². The van der Waals surface area contributed by atoms with Crippen molar-refractivity contribution in [1.29, 1.82) is 0 Å². The van der Waals surface area contributed by atoms with Crippen LogP contribution in [0.15, 0.2) is 24.3 Å². The average Bonchev–Trinajstić information content (AvgIpc) is 2.58. The highest BCUT2D eigenvalue weighted by Gasteiger charge is 2.54. The van der Waals surface area contributed by atoms with Crippen LogP contribution in [0.5, 0.6) is 34.5 Å². The van der Waals surface area contributed by atoms with Gasteiger partial charge in [-0.25, -0.2) is 0 Å². The number of phenols is 4. The van der Waals surface area contributed by atoms with Gasteiger partial charge in [-0.05, 0) is 0 Å². The van der Waals surface area contributed by atoms with Gasteiger partial charge in [0, 0.05) is 47.2 Å². The zero-order valence-corrected chi connectivity index (χ0v) is 14.1. The molecule has 0 aromatic heterocycles. The van der Waals surface area contributed by atoms with Gasteiger partial charge in [0.1, 0.15) is 34.5 Å². The molecule has 1 fully saturated rings. The average molecular weight is 364 g/mol. The first-order valence-corrected chi connectivity index (χ1v) is 7.86. The zero-order valence-electron chi connectivity index (χ0n) is 14.1. The second-order valence-corrected chi connectivity index (χ2v) is 6.19. The van der Waals surface area contributed by atoms with Gasteiger partial charge in [-0.3, -0.25) is 0 Å². The maximum Gasteiger partial charge on any atom is 0.129 e. The highest BCUT2D eigenvalue weighted by atomic mass is 16.5. The third-order valence-corrected chi connectivity index (χ3v) is 4.79. The normalized spacial score (nSPS) is 24.8. The monoisotopic (exact) mass is 364 g/mol. The lowest BCUT2D eigenvalue weighted by atomic mass is 9.62. The van der Waals surface area contributed by atoms with E-state index in [0.717, 1.165) is 12.1 Å². The molecular weight excluding hydrogens is 344 g/mol. The van der Waals surface area contributed by atoms with Gasteiger partial charge in [0.15, 0.2) is 0 Å². The first kappa shape index (κ1) is 18.0. The maximum atomic E-state index is 10.7. The molecule has 0 aliphatic heterocycles. The minimum atomic E-state index is -1.18. The standard InChI is InChI=1S/C18H20O8/c1-25-11-5-7(19)3-9(21)13(11)15-17(23)16(18(15)24)14-10(22)4-8(20)6-12(14)26-2/h3-6,15-24H,1-2H3. The Morgan fingerprint density at radius 2 is 1.00 bits per heavy atom. The second-order valence-electron chi connectivity index (χ2n) is 6.19. The maximum absolute atomic E-state index is 10.7. The van der Waals surface area contributed by atoms with E-state index in [-0.39, 0.29) is 45.6 Å². The molecule has 0 unspecified atom stereocenters. The van der Waals surface area contributed by atoms with Gasteiger partial charge in [-0.2, -0.15) is 0 Å². The summed E-state index contributed by atoms with van der Waals surface area (Å²) in [6.45, 7) is 0. The van der Waals surface area contributed by atoms with Crippen molar-refractivity contribution in [1.82, 2.24) is 0 Å². The largest absolute Gasteiger partial charge is 0.508 e. The van der Waals surface area contributed by atoms with Crippen molar-refractivity contribution >= 4 is 0 Å². The molecule has 3 rings (SSSR count). The zero-order chi connectivity index (χ0) is 19.2. The van der Waals surface area contributed by atoms with E-state index in [4.69, 9.17) is 9.47 Å². The molecule has 8 heteroatoms. The SMILES string of the molecule is COc1cc(O)cc(O)c1C1C(O)C(c2c(O)cc(O)cc2OC)C1O. The first-order chi connectivity index (χ1) is 12.3. The second kappa shape index (κ2) is 6.47. The van der Waals surface area contributed by atoms with E-state index in [9.17, 15) is 30.6 Å². The molecule has 0 heterocycles. The first-order valence-electron chi connectivity index (χ1n) is 7.86. The predicted octanol–water partition coefficient (Wildman–Crippen LogP) is 1.13. The van der Waals surface area contributed by atoms with Gasteiger partial charge in [0.25, 0.3) is 0 Å². The summed E-state index contributed by atoms with van der Waals surface area (Å²) < 4.78 is 10.3. The summed E-state index contributed by atoms with van der Waals surface area (Å²) in [6, 6.07) is 4.70. The van der Waals surface area contributed by atoms with Gasteiger partial charge in [-0.1, -0.05) is 0 Å². The Balaban J connectivity index is 2.02. The smallest absolute Gasteiger partial charge is 0.129 e. The summed E-state index contributed by atoms with van der Waals surface area (Å²) in [5, 5.41) is 60.8. The molecule has 0 radical (unpaired) electrons. The molecule has 1 aliphatic carbocycles. The minimum Gasteiger partial charge on any atom is -0.508 e. The summed E-state index contributed by atoms with van der Waals surface area (Å²) in [6.07, 6.45) is -2.36. The number of aromatic hydroxyl groups is 4. The van der Waals surface area contributed by atoms with Crippen molar-refractivity contribution in [3.63, 3.8) is 0 Å². The molecule has 0 saturated heterocycles. The molecule has 1 aliphatic rings. The van der Waals surface area contributed by atoms with Crippen LogP contribution >= 0.6 is 0 Å². The summed E-state index contributed by atoms with van der Waals surface area (Å²) >= 11 is 0. The molecule has 140 valence electrons. The van der Waals surface area contributed by atoms with Crippen LogP contribution in [-0.4, -0.2) is 57.1 Å². The van der Waals surface area contributed by atoms with Crippen LogP contribution < -0.4 is 9.47 Å². The molecule has 2 aromatic rings. The Morgan fingerprint density at radius 1 is 0.654 bits per heavy atom. The van der Waals surface area contributed by atoms with Gasteiger partial charge >= 0.3 is 0 Å². The van der Waals surface area contributed by atoms with Gasteiger partial charge in [0.2, 0.25) is 0 Å². The number of benzene rings is 2. The van der Waals surface area contributed by atoms with Crippen LogP contribution in [-0.2, 0) is 0 Å². The molecule has 0 spiro atoms. The van der Waals surface area contributed by atoms with E-state index in [0.29, 0.717) is 0 Å². The number of rotatable bonds is 4. The third-order valence-electron chi connectivity index (χ3n) is 4.79. The number of hydrogen-bond donors (Lipinski definition) is 6. The molecule has 8 nitrogen and oxygen atoms in total. The van der Waals surface area contributed by atoms with Crippen molar-refractivity contribution in [2.75, 3.05) is 14.2 Å². The van der Waals surface area contributed by atoms with Crippen LogP contribution in [0.2, 0.25) is 0 Å². The number of hydrogen-bond acceptors (Lipinski definition) is 8. The van der Waals surface area contributed by atoms with Gasteiger partial charge in [-0.15, -0.1) is 0 Å². The van der Waals surface area contributed by atoms with Crippen molar-refractivity contribution in [3.8, 4) is 34.5 Å². The molecular formula is C18H20O8. The van der Waals surface area contributed by atoms with Crippen molar-refractivity contribution < 1.29 is 40.1 Å². The van der Waals surface area contributed by atoms with E-state index >= 15 is 0 Å². The van der Waals surface area contributed by atoms with Crippen molar-refractivity contribution in [3.05, 3.63) is 35.4 Å². The molecule has 0 amide bonds. The van der Waals surface area contributed by atoms with E-state index < -0.39 is 24.0 Å². The fourth-order valence-corrected chi connectivity index (χ4v) is 3.59. The Hall–Kier alpha value is -2.84. The topological polar surface area (TPSA) is 140 Å². The highest BCUT2D eigenvalue weighted by Crippen LogP contribution is 2.56. The van der Waals surface area contributed by atoms with Gasteiger partial charge in [0.05, 0.1) is 26.4 Å². The number of methoxy groups -OCH3 is 2. The van der Waals surface area contributed by atoms with Crippen LogP contribution in [0.3, 0.4) is 0 Å². The molecule has 0 bridgehead atoms. The number of aliphatic hydroxyl groups excluding tert-OH is 2.